The molecule has 0 aromatic heterocycles. The van der Waals surface area contributed by atoms with Crippen molar-refractivity contribution in [3.05, 3.63) is 54.3 Å². The maximum atomic E-state index is 12.6. The number of hydrogen-bond donors (Lipinski definition) is 0. The van der Waals surface area contributed by atoms with Crippen molar-refractivity contribution in [2.75, 3.05) is 0 Å². The average molecular weight is 534 g/mol. The van der Waals surface area contributed by atoms with Crippen molar-refractivity contribution in [3.8, 4) is 0 Å². The predicted octanol–water partition coefficient (Wildman–Crippen LogP) is 5.57. The molecule has 0 heterocycles. The van der Waals surface area contributed by atoms with Gasteiger partial charge in [-0.3, -0.25) is 0 Å². The number of hydrogen-bond acceptors (Lipinski definition) is 2. The Morgan fingerprint density at radius 1 is 0.842 bits per heavy atom. The first-order valence-electron chi connectivity index (χ1n) is 4.97. The molecule has 0 aliphatic carbocycles. The molecule has 0 unspecified atom stereocenters. The minimum atomic E-state index is -3.57. The molecule has 0 bridgehead atoms. The summed E-state index contributed by atoms with van der Waals surface area (Å²) in [4.78, 5) is 0.458. The van der Waals surface area contributed by atoms with Crippen molar-refractivity contribution in [2.45, 2.75) is 9.79 Å². The molecule has 0 radical (unpaired) electrons. The predicted molar refractivity (Wildman–Crippen MR) is 89.1 cm³/mol. The summed E-state index contributed by atoms with van der Waals surface area (Å²) in [7, 11) is -3.57. The van der Waals surface area contributed by atoms with Gasteiger partial charge in [0.1, 0.15) is 0 Å². The van der Waals surface area contributed by atoms with E-state index in [2.05, 4.69) is 63.7 Å². The van der Waals surface area contributed by atoms with Gasteiger partial charge in [-0.05, 0) is 62.2 Å². The van der Waals surface area contributed by atoms with Gasteiger partial charge in [0.25, 0.3) is 0 Å². The molecular formula is C12H6Br4O2S. The molecule has 0 atom stereocenters. The highest BCUT2D eigenvalue weighted by atomic mass is 79.9. The van der Waals surface area contributed by atoms with E-state index in [0.29, 0.717) is 17.9 Å². The SMILES string of the molecule is O=S(=O)(c1cc(Br)cc(Br)c1)c1cccc(Br)c1Br. The van der Waals surface area contributed by atoms with Crippen LogP contribution in [0.2, 0.25) is 0 Å². The average Bonchev–Trinajstić information content (AvgIpc) is 2.31. The summed E-state index contributed by atoms with van der Waals surface area (Å²) in [5.74, 6) is 0. The number of benzene rings is 2. The lowest BCUT2D eigenvalue weighted by Gasteiger charge is -2.09. The van der Waals surface area contributed by atoms with Crippen LogP contribution in [-0.4, -0.2) is 8.42 Å². The summed E-state index contributed by atoms with van der Waals surface area (Å²) in [5.41, 5.74) is 0. The zero-order valence-electron chi connectivity index (χ0n) is 9.20. The van der Waals surface area contributed by atoms with E-state index in [9.17, 15) is 8.42 Å². The van der Waals surface area contributed by atoms with E-state index in [4.69, 9.17) is 0 Å². The van der Waals surface area contributed by atoms with Crippen molar-refractivity contribution >= 4 is 73.6 Å². The molecule has 0 saturated carbocycles. The highest BCUT2D eigenvalue weighted by molar-refractivity contribution is 9.13. The Kier molecular flexibility index (Phi) is 4.93. The topological polar surface area (TPSA) is 34.1 Å². The fraction of sp³-hybridized carbons (Fsp3) is 0. The van der Waals surface area contributed by atoms with Crippen LogP contribution >= 0.6 is 63.7 Å². The van der Waals surface area contributed by atoms with E-state index in [1.54, 1.807) is 36.4 Å². The second kappa shape index (κ2) is 5.97. The Hall–Kier alpha value is 0.310. The van der Waals surface area contributed by atoms with E-state index >= 15 is 0 Å². The minimum Gasteiger partial charge on any atom is -0.218 e. The third-order valence-corrected chi connectivity index (χ3v) is 7.35. The Morgan fingerprint density at radius 2 is 1.42 bits per heavy atom. The highest BCUT2D eigenvalue weighted by Crippen LogP contribution is 2.34. The van der Waals surface area contributed by atoms with Crippen molar-refractivity contribution < 1.29 is 8.42 Å². The van der Waals surface area contributed by atoms with Crippen molar-refractivity contribution in [1.82, 2.24) is 0 Å². The molecule has 0 saturated heterocycles. The van der Waals surface area contributed by atoms with E-state index in [-0.39, 0.29) is 9.79 Å². The largest absolute Gasteiger partial charge is 0.218 e. The summed E-state index contributed by atoms with van der Waals surface area (Å²) in [5, 5.41) is 0. The van der Waals surface area contributed by atoms with Crippen molar-refractivity contribution in [2.24, 2.45) is 0 Å². The molecule has 2 rings (SSSR count). The smallest absolute Gasteiger partial charge is 0.207 e. The fourth-order valence-corrected chi connectivity index (χ4v) is 5.92. The molecule has 0 aliphatic heterocycles. The van der Waals surface area contributed by atoms with Crippen LogP contribution in [0.4, 0.5) is 0 Å². The van der Waals surface area contributed by atoms with Crippen LogP contribution in [0.5, 0.6) is 0 Å². The van der Waals surface area contributed by atoms with Gasteiger partial charge in [0.2, 0.25) is 9.84 Å². The number of sulfone groups is 1. The summed E-state index contributed by atoms with van der Waals surface area (Å²) in [6.45, 7) is 0. The zero-order valence-corrected chi connectivity index (χ0v) is 16.4. The van der Waals surface area contributed by atoms with Crippen LogP contribution in [0, 0.1) is 0 Å². The van der Waals surface area contributed by atoms with E-state index in [1.807, 2.05) is 0 Å². The van der Waals surface area contributed by atoms with Crippen LogP contribution in [0.3, 0.4) is 0 Å². The molecular weight excluding hydrogens is 528 g/mol. The van der Waals surface area contributed by atoms with E-state index in [0.717, 1.165) is 0 Å². The molecule has 0 N–H and O–H groups in total. The van der Waals surface area contributed by atoms with Gasteiger partial charge in [0.15, 0.2) is 0 Å². The maximum Gasteiger partial charge on any atom is 0.207 e. The van der Waals surface area contributed by atoms with Gasteiger partial charge in [-0.15, -0.1) is 0 Å². The van der Waals surface area contributed by atoms with Crippen LogP contribution in [0.15, 0.2) is 64.1 Å². The minimum absolute atomic E-state index is 0.229. The summed E-state index contributed by atoms with van der Waals surface area (Å²) in [6, 6.07) is 9.98. The van der Waals surface area contributed by atoms with Gasteiger partial charge in [-0.2, -0.15) is 0 Å². The fourth-order valence-electron chi connectivity index (χ4n) is 1.50. The Morgan fingerprint density at radius 3 is 2.00 bits per heavy atom. The molecule has 0 amide bonds. The molecule has 2 nitrogen and oxygen atoms in total. The lowest BCUT2D eigenvalue weighted by Crippen LogP contribution is -2.03. The normalized spacial score (nSPS) is 11.6. The monoisotopic (exact) mass is 530 g/mol. The van der Waals surface area contributed by atoms with Crippen LogP contribution in [0.25, 0.3) is 0 Å². The Bertz CT molecular complexity index is 721. The van der Waals surface area contributed by atoms with Gasteiger partial charge >= 0.3 is 0 Å². The first kappa shape index (κ1) is 15.7. The second-order valence-corrected chi connectivity index (χ2v) is 9.06. The number of halogens is 4. The molecule has 19 heavy (non-hydrogen) atoms. The third kappa shape index (κ3) is 3.32. The first-order chi connectivity index (χ1) is 8.82. The molecule has 0 spiro atoms. The van der Waals surface area contributed by atoms with Gasteiger partial charge in [-0.1, -0.05) is 37.9 Å². The highest BCUT2D eigenvalue weighted by Gasteiger charge is 2.22. The summed E-state index contributed by atoms with van der Waals surface area (Å²) < 4.78 is 27.9. The van der Waals surface area contributed by atoms with Crippen molar-refractivity contribution in [1.29, 1.82) is 0 Å². The van der Waals surface area contributed by atoms with E-state index < -0.39 is 9.84 Å². The van der Waals surface area contributed by atoms with Gasteiger partial charge in [0.05, 0.1) is 14.3 Å². The standard InChI is InChI=1S/C12H6Br4O2S/c13-7-4-8(14)6-9(5-7)19(17,18)11-3-1-2-10(15)12(11)16/h1-6H. The maximum absolute atomic E-state index is 12.6. The summed E-state index contributed by atoms with van der Waals surface area (Å²) in [6.07, 6.45) is 0. The van der Waals surface area contributed by atoms with Crippen molar-refractivity contribution in [3.63, 3.8) is 0 Å². The Balaban J connectivity index is 2.69. The molecule has 100 valence electrons. The second-order valence-electron chi connectivity index (χ2n) is 3.66. The lowest BCUT2D eigenvalue weighted by molar-refractivity contribution is 0.595. The van der Waals surface area contributed by atoms with Crippen LogP contribution < -0.4 is 0 Å². The lowest BCUT2D eigenvalue weighted by atomic mass is 10.4. The molecule has 2 aromatic rings. The first-order valence-corrected chi connectivity index (χ1v) is 9.63. The molecule has 0 aliphatic rings. The van der Waals surface area contributed by atoms with Gasteiger partial charge in [-0.25, -0.2) is 8.42 Å². The summed E-state index contributed by atoms with van der Waals surface area (Å²) >= 11 is 13.2. The quantitative estimate of drug-likeness (QED) is 0.506. The van der Waals surface area contributed by atoms with Crippen LogP contribution in [0.1, 0.15) is 0 Å². The van der Waals surface area contributed by atoms with Gasteiger partial charge in [0, 0.05) is 13.4 Å². The van der Waals surface area contributed by atoms with E-state index in [1.165, 1.54) is 0 Å². The third-order valence-electron chi connectivity index (χ3n) is 2.35. The van der Waals surface area contributed by atoms with Crippen LogP contribution in [-0.2, 0) is 9.84 Å². The molecule has 0 fully saturated rings. The molecule has 7 heteroatoms. The zero-order chi connectivity index (χ0) is 14.2. The Labute approximate surface area is 145 Å². The van der Waals surface area contributed by atoms with Gasteiger partial charge < -0.3 is 0 Å². The number of rotatable bonds is 2. The molecule has 2 aromatic carbocycles.